The monoisotopic (exact) mass is 570 g/mol. The Hall–Kier alpha value is -2.78. The predicted octanol–water partition coefficient (Wildman–Crippen LogP) is 4.22. The van der Waals surface area contributed by atoms with Gasteiger partial charge >= 0.3 is 5.97 Å². The number of amides is 2. The number of rotatable bonds is 14. The van der Waals surface area contributed by atoms with Gasteiger partial charge in [-0.1, -0.05) is 32.4 Å². The van der Waals surface area contributed by atoms with Crippen LogP contribution in [0.2, 0.25) is 0 Å². The zero-order chi connectivity index (χ0) is 29.0. The number of aliphatic hydroxyl groups excluding tert-OH is 1. The molecule has 8 nitrogen and oxygen atoms in total. The van der Waals surface area contributed by atoms with Crippen LogP contribution in [-0.4, -0.2) is 76.7 Å². The summed E-state index contributed by atoms with van der Waals surface area (Å²) in [5, 5.41) is 10.5. The van der Waals surface area contributed by atoms with Crippen molar-refractivity contribution in [3.63, 3.8) is 0 Å². The molecule has 0 aromatic heterocycles. The van der Waals surface area contributed by atoms with Gasteiger partial charge in [-0.3, -0.25) is 14.4 Å². The van der Waals surface area contributed by atoms with E-state index in [1.807, 2.05) is 26.0 Å². The molecule has 218 valence electrons. The molecule has 3 saturated heterocycles. The number of benzene rings is 1. The first-order valence-electron chi connectivity index (χ1n) is 14.2. The topological polar surface area (TPSA) is 96.4 Å². The van der Waals surface area contributed by atoms with E-state index in [2.05, 4.69) is 13.2 Å². The van der Waals surface area contributed by atoms with Crippen molar-refractivity contribution in [2.24, 2.45) is 17.8 Å². The molecule has 1 N–H and O–H groups in total. The molecule has 4 rings (SSSR count). The summed E-state index contributed by atoms with van der Waals surface area (Å²) in [6.07, 6.45) is 6.98. The van der Waals surface area contributed by atoms with E-state index in [1.54, 1.807) is 53.0 Å². The van der Waals surface area contributed by atoms with Gasteiger partial charge in [-0.2, -0.15) is 0 Å². The molecule has 40 heavy (non-hydrogen) atoms. The SMILES string of the molecule is C=CCCCOC(=O)[C@@H]1[C@H]2C(=O)N([C@@H](CO)[C@@H](C)CC)C(C(=O)N(CC=C)c3ccc(OC)cc3)C23CC[C@H]1S3. The lowest BCUT2D eigenvalue weighted by Gasteiger charge is -2.41. The van der Waals surface area contributed by atoms with Crippen LogP contribution in [0.25, 0.3) is 0 Å². The van der Waals surface area contributed by atoms with Gasteiger partial charge in [0.1, 0.15) is 11.8 Å². The van der Waals surface area contributed by atoms with Crippen molar-refractivity contribution in [2.75, 3.05) is 31.8 Å². The number of ether oxygens (including phenoxy) is 2. The Morgan fingerprint density at radius 1 is 1.27 bits per heavy atom. The number of hydrogen-bond acceptors (Lipinski definition) is 7. The van der Waals surface area contributed by atoms with E-state index in [1.165, 1.54) is 0 Å². The van der Waals surface area contributed by atoms with E-state index in [0.29, 0.717) is 24.3 Å². The number of nitrogens with zero attached hydrogens (tertiary/aromatic N) is 2. The number of likely N-dealkylation sites (tertiary alicyclic amines) is 1. The first-order valence-corrected chi connectivity index (χ1v) is 15.1. The smallest absolute Gasteiger partial charge is 0.310 e. The van der Waals surface area contributed by atoms with Gasteiger partial charge in [-0.15, -0.1) is 24.9 Å². The number of anilines is 1. The molecule has 1 aromatic rings. The normalized spacial score (nSPS) is 28.1. The second-order valence-electron chi connectivity index (χ2n) is 11.0. The fourth-order valence-electron chi connectivity index (χ4n) is 6.67. The van der Waals surface area contributed by atoms with E-state index in [4.69, 9.17) is 9.47 Å². The number of methoxy groups -OCH3 is 1. The van der Waals surface area contributed by atoms with E-state index in [9.17, 15) is 19.5 Å². The number of allylic oxidation sites excluding steroid dienone is 1. The Bertz CT molecular complexity index is 1110. The number of thioether (sulfide) groups is 1. The van der Waals surface area contributed by atoms with E-state index >= 15 is 0 Å². The maximum atomic E-state index is 14.7. The molecule has 0 saturated carbocycles. The Kier molecular flexibility index (Phi) is 9.67. The molecule has 3 heterocycles. The number of esters is 1. The predicted molar refractivity (Wildman–Crippen MR) is 157 cm³/mol. The Balaban J connectivity index is 1.76. The summed E-state index contributed by atoms with van der Waals surface area (Å²) >= 11 is 1.60. The average Bonchev–Trinajstić information content (AvgIpc) is 3.61. The van der Waals surface area contributed by atoms with Crippen LogP contribution in [0.4, 0.5) is 5.69 Å². The molecule has 7 atom stereocenters. The zero-order valence-corrected chi connectivity index (χ0v) is 24.6. The molecule has 0 radical (unpaired) electrons. The Morgan fingerprint density at radius 3 is 2.60 bits per heavy atom. The molecule has 2 amide bonds. The standard InChI is InChI=1S/C31H42N2O6S/c1-6-9-10-18-39-30(37)25-24-15-16-31(40-24)26(25)28(35)33(23(19-34)20(4)8-3)27(31)29(36)32(17-7-2)21-11-13-22(38-5)14-12-21/h6-7,11-14,20,23-27,34H,1-2,8-10,15-19H2,3-5H3/t20-,23-,24+,25-,26-,27?,31?/m0/s1. The molecule has 9 heteroatoms. The van der Waals surface area contributed by atoms with Crippen LogP contribution in [0.15, 0.2) is 49.6 Å². The number of fused-ring (bicyclic) bond motifs is 1. The van der Waals surface area contributed by atoms with Crippen molar-refractivity contribution in [3.8, 4) is 5.75 Å². The van der Waals surface area contributed by atoms with Crippen molar-refractivity contribution < 1.29 is 29.0 Å². The summed E-state index contributed by atoms with van der Waals surface area (Å²) in [5.41, 5.74) is 0.665. The molecule has 2 unspecified atom stereocenters. The highest BCUT2D eigenvalue weighted by molar-refractivity contribution is 8.02. The van der Waals surface area contributed by atoms with Gasteiger partial charge < -0.3 is 24.4 Å². The molecule has 2 bridgehead atoms. The van der Waals surface area contributed by atoms with Gasteiger partial charge in [0.05, 0.1) is 42.9 Å². The van der Waals surface area contributed by atoms with Crippen molar-refractivity contribution in [1.82, 2.24) is 4.90 Å². The molecular weight excluding hydrogens is 528 g/mol. The van der Waals surface area contributed by atoms with Gasteiger partial charge in [-0.25, -0.2) is 0 Å². The fourth-order valence-corrected chi connectivity index (χ4v) is 8.86. The number of unbranched alkanes of at least 4 members (excludes halogenated alkanes) is 1. The summed E-state index contributed by atoms with van der Waals surface area (Å²) in [4.78, 5) is 45.7. The quantitative estimate of drug-likeness (QED) is 0.203. The van der Waals surface area contributed by atoms with Gasteiger partial charge in [-0.05, 0) is 55.9 Å². The molecule has 3 aliphatic heterocycles. The number of hydrogen-bond donors (Lipinski definition) is 1. The largest absolute Gasteiger partial charge is 0.497 e. The molecule has 3 aliphatic rings. The van der Waals surface area contributed by atoms with Crippen LogP contribution in [0, 0.1) is 17.8 Å². The van der Waals surface area contributed by atoms with Crippen molar-refractivity contribution in [1.29, 1.82) is 0 Å². The molecule has 1 spiro atoms. The van der Waals surface area contributed by atoms with Crippen LogP contribution in [0.3, 0.4) is 0 Å². The first-order chi connectivity index (χ1) is 19.3. The van der Waals surface area contributed by atoms with E-state index in [0.717, 1.165) is 19.3 Å². The Morgan fingerprint density at radius 2 is 2.00 bits per heavy atom. The third-order valence-corrected chi connectivity index (χ3v) is 10.8. The van der Waals surface area contributed by atoms with Crippen LogP contribution in [0.1, 0.15) is 46.0 Å². The lowest BCUT2D eigenvalue weighted by Crippen LogP contribution is -2.58. The van der Waals surface area contributed by atoms with Crippen LogP contribution in [0.5, 0.6) is 5.75 Å². The van der Waals surface area contributed by atoms with Crippen LogP contribution >= 0.6 is 11.8 Å². The third kappa shape index (κ3) is 5.18. The maximum absolute atomic E-state index is 14.7. The van der Waals surface area contributed by atoms with Gasteiger partial charge in [0, 0.05) is 17.5 Å². The van der Waals surface area contributed by atoms with Gasteiger partial charge in [0.2, 0.25) is 5.91 Å². The van der Waals surface area contributed by atoms with Crippen LogP contribution < -0.4 is 9.64 Å². The zero-order valence-electron chi connectivity index (χ0n) is 23.8. The lowest BCUT2D eigenvalue weighted by molar-refractivity contribution is -0.154. The summed E-state index contributed by atoms with van der Waals surface area (Å²) in [7, 11) is 1.58. The fraction of sp³-hybridized carbons (Fsp3) is 0.581. The van der Waals surface area contributed by atoms with Crippen LogP contribution in [-0.2, 0) is 19.1 Å². The third-order valence-electron chi connectivity index (χ3n) is 8.85. The van der Waals surface area contributed by atoms with E-state index in [-0.39, 0.29) is 48.7 Å². The molecular formula is C31H42N2O6S. The van der Waals surface area contributed by atoms with Crippen molar-refractivity contribution >= 4 is 35.2 Å². The minimum atomic E-state index is -0.827. The van der Waals surface area contributed by atoms with Crippen molar-refractivity contribution in [2.45, 2.75) is 68.0 Å². The number of aliphatic hydroxyl groups is 1. The summed E-state index contributed by atoms with van der Waals surface area (Å²) in [6.45, 7) is 11.8. The first kappa shape index (κ1) is 30.2. The average molecular weight is 571 g/mol. The summed E-state index contributed by atoms with van der Waals surface area (Å²) < 4.78 is 10.2. The highest BCUT2D eigenvalue weighted by Gasteiger charge is 2.75. The second-order valence-corrected chi connectivity index (χ2v) is 12.6. The van der Waals surface area contributed by atoms with Crippen molar-refractivity contribution in [3.05, 3.63) is 49.6 Å². The lowest BCUT2D eigenvalue weighted by atomic mass is 9.71. The molecule has 3 fully saturated rings. The minimum Gasteiger partial charge on any atom is -0.497 e. The highest BCUT2D eigenvalue weighted by Crippen LogP contribution is 2.67. The molecule has 0 aliphatic carbocycles. The highest BCUT2D eigenvalue weighted by atomic mass is 32.2. The summed E-state index contributed by atoms with van der Waals surface area (Å²) in [5.74, 6) is -1.47. The maximum Gasteiger partial charge on any atom is 0.310 e. The summed E-state index contributed by atoms with van der Waals surface area (Å²) in [6, 6.07) is 5.85. The molecule has 1 aromatic carbocycles. The second kappa shape index (κ2) is 12.8. The number of carbonyl (C=O) groups excluding carboxylic acids is 3. The Labute approximate surface area is 241 Å². The number of carbonyl (C=O) groups is 3. The minimum absolute atomic E-state index is 0.0418. The van der Waals surface area contributed by atoms with Gasteiger partial charge in [0.25, 0.3) is 5.91 Å². The van der Waals surface area contributed by atoms with Gasteiger partial charge in [0.15, 0.2) is 0 Å². The van der Waals surface area contributed by atoms with E-state index < -0.39 is 28.7 Å².